The van der Waals surface area contributed by atoms with Crippen LogP contribution < -0.4 is 5.32 Å². The van der Waals surface area contributed by atoms with Crippen molar-refractivity contribution in [3.8, 4) is 0 Å². The normalized spacial score (nSPS) is 18.0. The van der Waals surface area contributed by atoms with E-state index in [0.29, 0.717) is 0 Å². The van der Waals surface area contributed by atoms with Crippen LogP contribution in [0.4, 0.5) is 0 Å². The number of hydrogen-bond acceptors (Lipinski definition) is 2. The Morgan fingerprint density at radius 1 is 1.44 bits per heavy atom. The van der Waals surface area contributed by atoms with Crippen LogP contribution in [0.2, 0.25) is 0 Å². The summed E-state index contributed by atoms with van der Waals surface area (Å²) in [5.41, 5.74) is 1.46. The van der Waals surface area contributed by atoms with Crippen LogP contribution in [0.25, 0.3) is 0 Å². The molecule has 2 rings (SSSR count). The topological polar surface area (TPSA) is 12.0 Å². The first kappa shape index (κ1) is 12.1. The Balaban J connectivity index is 1.76. The molecule has 1 atom stereocenters. The molecule has 1 aromatic rings. The van der Waals surface area contributed by atoms with Crippen LogP contribution in [0.5, 0.6) is 0 Å². The van der Waals surface area contributed by atoms with Gasteiger partial charge >= 0.3 is 0 Å². The predicted molar refractivity (Wildman–Crippen MR) is 72.1 cm³/mol. The van der Waals surface area contributed by atoms with Gasteiger partial charge in [0.15, 0.2) is 0 Å². The largest absolute Gasteiger partial charge is 0.313 e. The third kappa shape index (κ3) is 3.08. The summed E-state index contributed by atoms with van der Waals surface area (Å²) in [7, 11) is 0. The highest BCUT2D eigenvalue weighted by molar-refractivity contribution is 7.10. The lowest BCUT2D eigenvalue weighted by Gasteiger charge is -2.22. The highest BCUT2D eigenvalue weighted by Gasteiger charge is 2.32. The van der Waals surface area contributed by atoms with E-state index in [1.54, 1.807) is 4.88 Å². The van der Waals surface area contributed by atoms with Gasteiger partial charge in [-0.15, -0.1) is 11.3 Å². The maximum absolute atomic E-state index is 3.75. The van der Waals surface area contributed by atoms with Crippen molar-refractivity contribution in [2.75, 3.05) is 6.54 Å². The van der Waals surface area contributed by atoms with Gasteiger partial charge in [0.1, 0.15) is 0 Å². The van der Waals surface area contributed by atoms with Crippen LogP contribution in [0.3, 0.4) is 0 Å². The Morgan fingerprint density at radius 3 is 2.69 bits per heavy atom. The van der Waals surface area contributed by atoms with Crippen LogP contribution in [0.15, 0.2) is 11.4 Å². The van der Waals surface area contributed by atoms with Crippen molar-refractivity contribution in [1.82, 2.24) is 5.32 Å². The second-order valence-corrected chi connectivity index (χ2v) is 6.34. The first-order valence-electron chi connectivity index (χ1n) is 6.45. The molecule has 1 unspecified atom stereocenters. The zero-order valence-electron chi connectivity index (χ0n) is 10.6. The number of nitrogens with one attached hydrogen (secondary N) is 1. The van der Waals surface area contributed by atoms with E-state index in [1.165, 1.54) is 24.8 Å². The van der Waals surface area contributed by atoms with Gasteiger partial charge in [0, 0.05) is 17.5 Å². The fourth-order valence-corrected chi connectivity index (χ4v) is 3.32. The van der Waals surface area contributed by atoms with Crippen LogP contribution in [0.1, 0.15) is 37.1 Å². The number of aryl methyl sites for hydroxylation is 1. The summed E-state index contributed by atoms with van der Waals surface area (Å²) in [6.07, 6.45) is 4.07. The van der Waals surface area contributed by atoms with Gasteiger partial charge in [0.25, 0.3) is 0 Å². The molecule has 0 saturated heterocycles. The molecule has 1 nitrogen and oxygen atoms in total. The number of rotatable bonds is 6. The first-order chi connectivity index (χ1) is 7.68. The maximum Gasteiger partial charge on any atom is 0.0118 e. The molecule has 0 spiro atoms. The lowest BCUT2D eigenvalue weighted by Crippen LogP contribution is -2.37. The highest BCUT2D eigenvalue weighted by atomic mass is 32.1. The van der Waals surface area contributed by atoms with Crippen LogP contribution in [-0.4, -0.2) is 12.6 Å². The summed E-state index contributed by atoms with van der Waals surface area (Å²) < 4.78 is 0. The lowest BCUT2D eigenvalue weighted by atomic mass is 9.99. The minimum absolute atomic E-state index is 0.750. The van der Waals surface area contributed by atoms with Crippen LogP contribution >= 0.6 is 11.3 Å². The molecule has 0 aromatic carbocycles. The van der Waals surface area contributed by atoms with Gasteiger partial charge in [-0.2, -0.15) is 0 Å². The highest BCUT2D eigenvalue weighted by Crippen LogP contribution is 2.35. The molecule has 1 aromatic heterocycles. The first-order valence-corrected chi connectivity index (χ1v) is 7.33. The fourth-order valence-electron chi connectivity index (χ4n) is 2.41. The average Bonchev–Trinajstić information content (AvgIpc) is 2.98. The molecule has 1 heterocycles. The van der Waals surface area contributed by atoms with Crippen molar-refractivity contribution >= 4 is 11.3 Å². The van der Waals surface area contributed by atoms with E-state index in [4.69, 9.17) is 0 Å². The van der Waals surface area contributed by atoms with Gasteiger partial charge in [-0.05, 0) is 55.0 Å². The van der Waals surface area contributed by atoms with Gasteiger partial charge < -0.3 is 5.32 Å². The number of hydrogen-bond donors (Lipinski definition) is 1. The Bertz CT molecular complexity index is 323. The van der Waals surface area contributed by atoms with E-state index in [-0.39, 0.29) is 0 Å². The maximum atomic E-state index is 3.75. The van der Waals surface area contributed by atoms with E-state index in [9.17, 15) is 0 Å². The van der Waals surface area contributed by atoms with E-state index >= 15 is 0 Å². The van der Waals surface area contributed by atoms with Gasteiger partial charge in [0.05, 0.1) is 0 Å². The van der Waals surface area contributed by atoms with E-state index in [1.807, 2.05) is 11.3 Å². The monoisotopic (exact) mass is 237 g/mol. The molecule has 1 saturated carbocycles. The third-order valence-corrected chi connectivity index (χ3v) is 4.63. The fraction of sp³-hybridized carbons (Fsp3) is 0.714. The lowest BCUT2D eigenvalue weighted by molar-refractivity contribution is 0.363. The summed E-state index contributed by atoms with van der Waals surface area (Å²) >= 11 is 1.89. The van der Waals surface area contributed by atoms with Crippen LogP contribution in [0, 0.1) is 18.8 Å². The molecule has 1 aliphatic carbocycles. The molecule has 90 valence electrons. The SMILES string of the molecule is Cc1ccsc1CCNC(C(C)C)C1CC1. The minimum atomic E-state index is 0.750. The van der Waals surface area contributed by atoms with Gasteiger partial charge in [-0.3, -0.25) is 0 Å². The molecule has 1 N–H and O–H groups in total. The molecule has 2 heteroatoms. The van der Waals surface area contributed by atoms with E-state index < -0.39 is 0 Å². The van der Waals surface area contributed by atoms with Crippen molar-refractivity contribution in [3.05, 3.63) is 21.9 Å². The molecule has 1 aliphatic rings. The molecule has 0 radical (unpaired) electrons. The van der Waals surface area contributed by atoms with Crippen LogP contribution in [-0.2, 0) is 6.42 Å². The second-order valence-electron chi connectivity index (χ2n) is 5.34. The van der Waals surface area contributed by atoms with Crippen molar-refractivity contribution < 1.29 is 0 Å². The summed E-state index contributed by atoms with van der Waals surface area (Å²) in [5, 5.41) is 5.95. The van der Waals surface area contributed by atoms with Crippen molar-refractivity contribution in [3.63, 3.8) is 0 Å². The third-order valence-electron chi connectivity index (χ3n) is 3.55. The van der Waals surface area contributed by atoms with Gasteiger partial charge in [0.2, 0.25) is 0 Å². The van der Waals surface area contributed by atoms with Gasteiger partial charge in [-0.1, -0.05) is 13.8 Å². The molecular formula is C14H23NS. The van der Waals surface area contributed by atoms with Crippen molar-refractivity contribution in [1.29, 1.82) is 0 Å². The Kier molecular flexibility index (Phi) is 4.04. The molecule has 16 heavy (non-hydrogen) atoms. The Morgan fingerprint density at radius 2 is 2.19 bits per heavy atom. The van der Waals surface area contributed by atoms with E-state index in [2.05, 4.69) is 37.5 Å². The predicted octanol–water partition coefficient (Wildman–Crippen LogP) is 3.62. The van der Waals surface area contributed by atoms with Gasteiger partial charge in [-0.25, -0.2) is 0 Å². The summed E-state index contributed by atoms with van der Waals surface area (Å²) in [6, 6.07) is 2.97. The molecule has 1 fully saturated rings. The standard InChI is InChI=1S/C14H23NS/c1-10(2)14(12-4-5-12)15-8-6-13-11(3)7-9-16-13/h7,9-10,12,14-15H,4-6,8H2,1-3H3. The number of thiophene rings is 1. The zero-order valence-corrected chi connectivity index (χ0v) is 11.4. The quantitative estimate of drug-likeness (QED) is 0.797. The summed E-state index contributed by atoms with van der Waals surface area (Å²) in [4.78, 5) is 1.55. The second kappa shape index (κ2) is 5.33. The van der Waals surface area contributed by atoms with Crippen molar-refractivity contribution in [2.45, 2.75) is 46.1 Å². The molecule has 0 aliphatic heterocycles. The molecular weight excluding hydrogens is 214 g/mol. The zero-order chi connectivity index (χ0) is 11.5. The summed E-state index contributed by atoms with van der Waals surface area (Å²) in [6.45, 7) is 8.03. The molecule has 0 bridgehead atoms. The van der Waals surface area contributed by atoms with E-state index in [0.717, 1.165) is 24.4 Å². The Labute approximate surface area is 103 Å². The Hall–Kier alpha value is -0.340. The smallest absolute Gasteiger partial charge is 0.0118 e. The average molecular weight is 237 g/mol. The minimum Gasteiger partial charge on any atom is -0.313 e. The van der Waals surface area contributed by atoms with Crippen molar-refractivity contribution in [2.24, 2.45) is 11.8 Å². The summed E-state index contributed by atoms with van der Waals surface area (Å²) in [5.74, 6) is 1.74. The molecule has 0 amide bonds.